The lowest BCUT2D eigenvalue weighted by Gasteiger charge is -2.17. The van der Waals surface area contributed by atoms with Gasteiger partial charge in [-0.05, 0) is 37.0 Å². The lowest BCUT2D eigenvalue weighted by Crippen LogP contribution is -1.93. The maximum atomic E-state index is 10.4. The molecular weight excluding hydrogens is 312 g/mol. The average molecular weight is 334 g/mol. The molecule has 128 valence electrons. The van der Waals surface area contributed by atoms with E-state index >= 15 is 0 Å². The third-order valence-corrected chi connectivity index (χ3v) is 4.67. The summed E-state index contributed by atoms with van der Waals surface area (Å²) in [6, 6.07) is 16.0. The fraction of sp³-hybridized carbons (Fsp3) is 0.182. The lowest BCUT2D eigenvalue weighted by molar-refractivity contribution is 0.392. The van der Waals surface area contributed by atoms with Crippen LogP contribution in [0.25, 0.3) is 22.3 Å². The highest BCUT2D eigenvalue weighted by atomic mass is 16.3. The summed E-state index contributed by atoms with van der Waals surface area (Å²) in [4.78, 5) is 0. The molecule has 0 aromatic heterocycles. The van der Waals surface area contributed by atoms with Crippen LogP contribution in [0.3, 0.4) is 0 Å². The van der Waals surface area contributed by atoms with E-state index in [0.29, 0.717) is 23.1 Å². The minimum absolute atomic E-state index is 0.0374. The van der Waals surface area contributed by atoms with Gasteiger partial charge in [-0.2, -0.15) is 0 Å². The van der Waals surface area contributed by atoms with Crippen molar-refractivity contribution in [3.63, 3.8) is 0 Å². The SMILES string of the molecule is CCc1c(O)c(C)c(O)c(O)c1-c1ccc(-c2ccc(C)cc2)cc1. The molecule has 3 aromatic rings. The van der Waals surface area contributed by atoms with Gasteiger partial charge in [0.15, 0.2) is 11.5 Å². The topological polar surface area (TPSA) is 60.7 Å². The third-order valence-electron chi connectivity index (χ3n) is 4.67. The van der Waals surface area contributed by atoms with E-state index in [1.807, 2.05) is 31.2 Å². The standard InChI is InChI=1S/C22H22O3/c1-4-18-19(22(25)21(24)14(3)20(18)23)17-11-9-16(10-12-17)15-7-5-13(2)6-8-15/h5-12,23-25H,4H2,1-3H3. The molecule has 0 radical (unpaired) electrons. The zero-order chi connectivity index (χ0) is 18.1. The minimum atomic E-state index is -0.271. The quantitative estimate of drug-likeness (QED) is 0.449. The molecule has 0 aliphatic heterocycles. The Labute approximate surface area is 147 Å². The number of hydrogen-bond donors (Lipinski definition) is 3. The van der Waals surface area contributed by atoms with Crippen LogP contribution in [0.2, 0.25) is 0 Å². The molecule has 0 spiro atoms. The number of phenols is 3. The highest BCUT2D eigenvalue weighted by Gasteiger charge is 2.21. The van der Waals surface area contributed by atoms with Crippen molar-refractivity contribution in [1.29, 1.82) is 0 Å². The van der Waals surface area contributed by atoms with Gasteiger partial charge < -0.3 is 15.3 Å². The largest absolute Gasteiger partial charge is 0.507 e. The molecule has 0 fully saturated rings. The first-order chi connectivity index (χ1) is 11.9. The van der Waals surface area contributed by atoms with E-state index in [9.17, 15) is 15.3 Å². The van der Waals surface area contributed by atoms with Crippen molar-refractivity contribution >= 4 is 0 Å². The Balaban J connectivity index is 2.10. The second-order valence-corrected chi connectivity index (χ2v) is 6.32. The second kappa shape index (κ2) is 6.52. The molecule has 0 amide bonds. The van der Waals surface area contributed by atoms with E-state index in [1.54, 1.807) is 6.92 Å². The summed E-state index contributed by atoms with van der Waals surface area (Å²) in [6.45, 7) is 5.56. The molecule has 3 aromatic carbocycles. The molecule has 25 heavy (non-hydrogen) atoms. The van der Waals surface area contributed by atoms with Crippen LogP contribution >= 0.6 is 0 Å². The second-order valence-electron chi connectivity index (χ2n) is 6.32. The third kappa shape index (κ3) is 2.93. The van der Waals surface area contributed by atoms with Crippen molar-refractivity contribution in [1.82, 2.24) is 0 Å². The van der Waals surface area contributed by atoms with Crippen LogP contribution in [-0.2, 0) is 6.42 Å². The normalized spacial score (nSPS) is 10.8. The molecule has 0 unspecified atom stereocenters. The highest BCUT2D eigenvalue weighted by molar-refractivity contribution is 5.82. The van der Waals surface area contributed by atoms with Gasteiger partial charge in [0.25, 0.3) is 0 Å². The van der Waals surface area contributed by atoms with Gasteiger partial charge in [0.1, 0.15) is 5.75 Å². The van der Waals surface area contributed by atoms with Crippen molar-refractivity contribution in [3.8, 4) is 39.5 Å². The summed E-state index contributed by atoms with van der Waals surface area (Å²) in [6.07, 6.45) is 0.551. The number of benzene rings is 3. The van der Waals surface area contributed by atoms with Crippen molar-refractivity contribution in [3.05, 3.63) is 65.2 Å². The molecule has 3 N–H and O–H groups in total. The Kier molecular flexibility index (Phi) is 4.41. The van der Waals surface area contributed by atoms with Crippen LogP contribution in [0.15, 0.2) is 48.5 Å². The van der Waals surface area contributed by atoms with E-state index in [0.717, 1.165) is 16.7 Å². The van der Waals surface area contributed by atoms with Gasteiger partial charge in [0.05, 0.1) is 0 Å². The first-order valence-corrected chi connectivity index (χ1v) is 8.37. The predicted octanol–water partition coefficient (Wildman–Crippen LogP) is 5.32. The van der Waals surface area contributed by atoms with Crippen LogP contribution in [0.1, 0.15) is 23.6 Å². The summed E-state index contributed by atoms with van der Waals surface area (Å²) in [5.74, 6) is -0.419. The van der Waals surface area contributed by atoms with Crippen LogP contribution < -0.4 is 0 Å². The van der Waals surface area contributed by atoms with Gasteiger partial charge in [-0.15, -0.1) is 0 Å². The van der Waals surface area contributed by atoms with Gasteiger partial charge in [0, 0.05) is 16.7 Å². The molecule has 0 aliphatic rings. The summed E-state index contributed by atoms with van der Waals surface area (Å²) >= 11 is 0. The predicted molar refractivity (Wildman–Crippen MR) is 101 cm³/mol. The maximum Gasteiger partial charge on any atom is 0.166 e. The average Bonchev–Trinajstić information content (AvgIpc) is 2.63. The number of hydrogen-bond acceptors (Lipinski definition) is 3. The molecule has 0 saturated carbocycles. The molecule has 0 heterocycles. The molecule has 3 nitrogen and oxygen atoms in total. The van der Waals surface area contributed by atoms with Gasteiger partial charge in [0.2, 0.25) is 0 Å². The Morgan fingerprint density at radius 3 is 1.64 bits per heavy atom. The summed E-state index contributed by atoms with van der Waals surface area (Å²) in [5, 5.41) is 30.9. The summed E-state index contributed by atoms with van der Waals surface area (Å²) in [5.41, 5.74) is 5.58. The van der Waals surface area contributed by atoms with E-state index in [1.165, 1.54) is 5.56 Å². The van der Waals surface area contributed by atoms with E-state index in [2.05, 4.69) is 31.2 Å². The van der Waals surface area contributed by atoms with Crippen molar-refractivity contribution in [2.45, 2.75) is 27.2 Å². The Morgan fingerprint density at radius 1 is 0.640 bits per heavy atom. The summed E-state index contributed by atoms with van der Waals surface area (Å²) < 4.78 is 0. The van der Waals surface area contributed by atoms with Crippen LogP contribution in [0.5, 0.6) is 17.2 Å². The molecule has 3 heteroatoms. The number of aromatic hydroxyl groups is 3. The van der Waals surface area contributed by atoms with E-state index < -0.39 is 0 Å². The monoisotopic (exact) mass is 334 g/mol. The van der Waals surface area contributed by atoms with Gasteiger partial charge >= 0.3 is 0 Å². The Morgan fingerprint density at radius 2 is 1.12 bits per heavy atom. The maximum absolute atomic E-state index is 10.4. The van der Waals surface area contributed by atoms with Crippen LogP contribution in [0.4, 0.5) is 0 Å². The van der Waals surface area contributed by atoms with Crippen molar-refractivity contribution < 1.29 is 15.3 Å². The lowest BCUT2D eigenvalue weighted by atomic mass is 9.92. The van der Waals surface area contributed by atoms with Gasteiger partial charge in [-0.3, -0.25) is 0 Å². The first-order valence-electron chi connectivity index (χ1n) is 8.37. The minimum Gasteiger partial charge on any atom is -0.507 e. The fourth-order valence-electron chi connectivity index (χ4n) is 3.13. The first kappa shape index (κ1) is 16.9. The Hall–Kier alpha value is -2.94. The molecule has 0 bridgehead atoms. The van der Waals surface area contributed by atoms with Crippen molar-refractivity contribution in [2.75, 3.05) is 0 Å². The van der Waals surface area contributed by atoms with E-state index in [4.69, 9.17) is 0 Å². The zero-order valence-electron chi connectivity index (χ0n) is 14.7. The van der Waals surface area contributed by atoms with E-state index in [-0.39, 0.29) is 17.2 Å². The number of rotatable bonds is 3. The number of aryl methyl sites for hydroxylation is 1. The van der Waals surface area contributed by atoms with Gasteiger partial charge in [-0.1, -0.05) is 61.0 Å². The smallest absolute Gasteiger partial charge is 0.166 e. The number of phenolic OH excluding ortho intramolecular Hbond substituents is 3. The molecule has 0 saturated heterocycles. The van der Waals surface area contributed by atoms with Gasteiger partial charge in [-0.25, -0.2) is 0 Å². The Bertz CT molecular complexity index is 908. The van der Waals surface area contributed by atoms with Crippen LogP contribution in [0, 0.1) is 13.8 Å². The summed E-state index contributed by atoms with van der Waals surface area (Å²) in [7, 11) is 0. The molecule has 3 rings (SSSR count). The highest BCUT2D eigenvalue weighted by Crippen LogP contribution is 2.47. The van der Waals surface area contributed by atoms with Crippen molar-refractivity contribution in [2.24, 2.45) is 0 Å². The zero-order valence-corrected chi connectivity index (χ0v) is 14.7. The van der Waals surface area contributed by atoms with Crippen LogP contribution in [-0.4, -0.2) is 15.3 Å². The molecular formula is C22H22O3. The fourth-order valence-corrected chi connectivity index (χ4v) is 3.13. The molecule has 0 atom stereocenters. The molecule has 0 aliphatic carbocycles.